The molecule has 172 valence electrons. The van der Waals surface area contributed by atoms with Gasteiger partial charge >= 0.3 is 0 Å². The first-order valence-corrected chi connectivity index (χ1v) is 11.8. The number of para-hydroxylation sites is 2. The van der Waals surface area contributed by atoms with Gasteiger partial charge in [-0.2, -0.15) is 0 Å². The summed E-state index contributed by atoms with van der Waals surface area (Å²) in [6, 6.07) is 21.5. The van der Waals surface area contributed by atoms with Gasteiger partial charge in [-0.05, 0) is 67.8 Å². The Bertz CT molecular complexity index is 1830. The Balaban J connectivity index is 1.73. The fraction of sp³-hybridized carbons (Fsp3) is 0.143. The summed E-state index contributed by atoms with van der Waals surface area (Å²) in [6.45, 7) is 6.35. The number of fused-ring (bicyclic) bond motifs is 4. The van der Waals surface area contributed by atoms with Crippen LogP contribution in [0.1, 0.15) is 22.5 Å². The Labute approximate surface area is 206 Å². The van der Waals surface area contributed by atoms with Crippen LogP contribution in [0, 0.1) is 20.8 Å². The molecule has 7 heteroatoms. The molecular weight excluding hydrogens is 458 g/mol. The highest BCUT2D eigenvalue weighted by Gasteiger charge is 2.23. The van der Waals surface area contributed by atoms with Crippen molar-refractivity contribution in [2.45, 2.75) is 27.3 Å². The molecule has 0 unspecified atom stereocenters. The van der Waals surface area contributed by atoms with Crippen LogP contribution >= 0.6 is 11.6 Å². The van der Waals surface area contributed by atoms with E-state index < -0.39 is 0 Å². The molecule has 3 heterocycles. The van der Waals surface area contributed by atoms with Crippen molar-refractivity contribution in [2.75, 3.05) is 0 Å². The maximum absolute atomic E-state index is 14.0. The lowest BCUT2D eigenvalue weighted by atomic mass is 10.1. The topological polar surface area (TPSA) is 65.6 Å². The number of benzene rings is 3. The zero-order chi connectivity index (χ0) is 24.3. The van der Waals surface area contributed by atoms with Crippen LogP contribution < -0.4 is 5.56 Å². The first kappa shape index (κ1) is 21.5. The maximum Gasteiger partial charge on any atom is 0.265 e. The average molecular weight is 480 g/mol. The van der Waals surface area contributed by atoms with Crippen molar-refractivity contribution < 1.29 is 0 Å². The summed E-state index contributed by atoms with van der Waals surface area (Å²) in [6.07, 6.45) is 0. The van der Waals surface area contributed by atoms with Crippen LogP contribution in [0.2, 0.25) is 5.02 Å². The third kappa shape index (κ3) is 3.49. The van der Waals surface area contributed by atoms with E-state index >= 15 is 0 Å². The van der Waals surface area contributed by atoms with Gasteiger partial charge in [0.15, 0.2) is 11.3 Å². The van der Waals surface area contributed by atoms with E-state index in [4.69, 9.17) is 26.6 Å². The van der Waals surface area contributed by atoms with Gasteiger partial charge in [0.25, 0.3) is 5.56 Å². The van der Waals surface area contributed by atoms with E-state index in [9.17, 15) is 4.79 Å². The zero-order valence-corrected chi connectivity index (χ0v) is 20.3. The van der Waals surface area contributed by atoms with Gasteiger partial charge in [0.05, 0.1) is 23.3 Å². The van der Waals surface area contributed by atoms with Crippen LogP contribution in [0.5, 0.6) is 0 Å². The van der Waals surface area contributed by atoms with Gasteiger partial charge in [-0.25, -0.2) is 15.0 Å². The molecule has 0 atom stereocenters. The Morgan fingerprint density at radius 1 is 0.829 bits per heavy atom. The molecule has 0 amide bonds. The molecule has 0 fully saturated rings. The summed E-state index contributed by atoms with van der Waals surface area (Å²) in [5.74, 6) is 0.622. The fourth-order valence-corrected chi connectivity index (χ4v) is 4.70. The van der Waals surface area contributed by atoms with Crippen molar-refractivity contribution in [1.29, 1.82) is 0 Å². The molecule has 0 aliphatic heterocycles. The highest BCUT2D eigenvalue weighted by atomic mass is 35.5. The number of hydrogen-bond acceptors (Lipinski definition) is 4. The lowest BCUT2D eigenvalue weighted by Crippen LogP contribution is -2.24. The second-order valence-corrected chi connectivity index (χ2v) is 9.32. The molecule has 6 aromatic rings. The molecule has 0 bridgehead atoms. The van der Waals surface area contributed by atoms with Gasteiger partial charge in [0.1, 0.15) is 16.7 Å². The average Bonchev–Trinajstić information content (AvgIpc) is 3.15. The van der Waals surface area contributed by atoms with Crippen LogP contribution in [0.3, 0.4) is 0 Å². The van der Waals surface area contributed by atoms with Crippen molar-refractivity contribution >= 4 is 44.8 Å². The van der Waals surface area contributed by atoms with Crippen molar-refractivity contribution in [2.24, 2.45) is 0 Å². The number of rotatable bonds is 3. The number of hydrogen-bond donors (Lipinski definition) is 0. The summed E-state index contributed by atoms with van der Waals surface area (Å²) in [7, 11) is 0. The SMILES string of the molecule is Cc1ccc(C)c(-n2c3nc4ccccc4nc3c3c(=O)n(Cc4ccc(Cl)cc4)c(C)nc32)c1. The molecule has 35 heavy (non-hydrogen) atoms. The monoisotopic (exact) mass is 479 g/mol. The summed E-state index contributed by atoms with van der Waals surface area (Å²) < 4.78 is 3.67. The first-order chi connectivity index (χ1) is 16.9. The fourth-order valence-electron chi connectivity index (χ4n) is 4.58. The minimum atomic E-state index is -0.138. The zero-order valence-electron chi connectivity index (χ0n) is 19.6. The smallest absolute Gasteiger partial charge is 0.265 e. The predicted molar refractivity (Wildman–Crippen MR) is 141 cm³/mol. The molecule has 3 aromatic heterocycles. The predicted octanol–water partition coefficient (Wildman–Crippen LogP) is 5.91. The van der Waals surface area contributed by atoms with Gasteiger partial charge in [0, 0.05) is 5.02 Å². The third-order valence-corrected chi connectivity index (χ3v) is 6.66. The highest BCUT2D eigenvalue weighted by molar-refractivity contribution is 6.30. The van der Waals surface area contributed by atoms with Crippen molar-refractivity contribution in [3.05, 3.63) is 105 Å². The Hall–Kier alpha value is -4.03. The van der Waals surface area contributed by atoms with Gasteiger partial charge in [-0.15, -0.1) is 0 Å². The van der Waals surface area contributed by atoms with Crippen LogP contribution in [0.25, 0.3) is 38.9 Å². The van der Waals surface area contributed by atoms with Crippen molar-refractivity contribution in [3.8, 4) is 5.69 Å². The molecule has 0 aliphatic rings. The number of aromatic nitrogens is 5. The second kappa shape index (κ2) is 8.03. The molecule has 3 aromatic carbocycles. The van der Waals surface area contributed by atoms with E-state index in [1.807, 2.05) is 60.0 Å². The molecule has 0 spiro atoms. The van der Waals surface area contributed by atoms with Crippen LogP contribution in [-0.2, 0) is 6.54 Å². The summed E-state index contributed by atoms with van der Waals surface area (Å²) in [5, 5.41) is 1.13. The van der Waals surface area contributed by atoms with E-state index in [0.29, 0.717) is 39.6 Å². The standard InChI is InChI=1S/C28H22ClN5O/c1-16-8-9-17(2)23(14-16)34-26-24(25-27(34)32-22-7-5-4-6-21(22)31-25)28(35)33(18(3)30-26)15-19-10-12-20(29)13-11-19/h4-14H,15H2,1-3H3. The second-order valence-electron chi connectivity index (χ2n) is 8.89. The third-order valence-electron chi connectivity index (χ3n) is 6.41. The van der Waals surface area contributed by atoms with Crippen LogP contribution in [0.15, 0.2) is 71.5 Å². The molecule has 0 saturated heterocycles. The van der Waals surface area contributed by atoms with E-state index in [0.717, 1.165) is 33.4 Å². The van der Waals surface area contributed by atoms with Crippen molar-refractivity contribution in [3.63, 3.8) is 0 Å². The molecule has 0 N–H and O–H groups in total. The summed E-state index contributed by atoms with van der Waals surface area (Å²) in [4.78, 5) is 28.8. The number of halogens is 1. The Kier molecular flexibility index (Phi) is 4.93. The lowest BCUT2D eigenvalue weighted by molar-refractivity contribution is 0.711. The van der Waals surface area contributed by atoms with E-state index in [1.54, 1.807) is 4.57 Å². The molecule has 0 aliphatic carbocycles. The van der Waals surface area contributed by atoms with Gasteiger partial charge in [-0.1, -0.05) is 48.0 Å². The molecule has 0 radical (unpaired) electrons. The van der Waals surface area contributed by atoms with E-state index in [-0.39, 0.29) is 5.56 Å². The first-order valence-electron chi connectivity index (χ1n) is 11.4. The van der Waals surface area contributed by atoms with Crippen molar-refractivity contribution in [1.82, 2.24) is 24.1 Å². The summed E-state index contributed by atoms with van der Waals surface area (Å²) >= 11 is 6.05. The van der Waals surface area contributed by atoms with Gasteiger partial charge in [-0.3, -0.25) is 13.9 Å². The van der Waals surface area contributed by atoms with Gasteiger partial charge < -0.3 is 0 Å². The molecule has 6 nitrogen and oxygen atoms in total. The molecule has 6 rings (SSSR count). The van der Waals surface area contributed by atoms with E-state index in [2.05, 4.69) is 32.0 Å². The number of aryl methyl sites for hydroxylation is 3. The van der Waals surface area contributed by atoms with Crippen LogP contribution in [-0.4, -0.2) is 24.1 Å². The van der Waals surface area contributed by atoms with Crippen LogP contribution in [0.4, 0.5) is 0 Å². The molecular formula is C28H22ClN5O. The molecule has 0 saturated carbocycles. The Morgan fingerprint density at radius 2 is 1.54 bits per heavy atom. The largest absolute Gasteiger partial charge is 0.292 e. The minimum Gasteiger partial charge on any atom is -0.292 e. The highest BCUT2D eigenvalue weighted by Crippen LogP contribution is 2.30. The normalized spacial score (nSPS) is 11.7. The quantitative estimate of drug-likeness (QED) is 0.316. The lowest BCUT2D eigenvalue weighted by Gasteiger charge is -2.13. The number of nitrogens with zero attached hydrogens (tertiary/aromatic N) is 5. The Morgan fingerprint density at radius 3 is 2.29 bits per heavy atom. The minimum absolute atomic E-state index is 0.138. The van der Waals surface area contributed by atoms with Gasteiger partial charge in [0.2, 0.25) is 0 Å². The maximum atomic E-state index is 14.0. The summed E-state index contributed by atoms with van der Waals surface area (Å²) in [5.41, 5.74) is 7.21. The van der Waals surface area contributed by atoms with E-state index in [1.165, 1.54) is 0 Å².